The van der Waals surface area contributed by atoms with E-state index in [-0.39, 0.29) is 56.8 Å². The summed E-state index contributed by atoms with van der Waals surface area (Å²) in [6, 6.07) is 0. The topological polar surface area (TPSA) is 168 Å². The van der Waals surface area contributed by atoms with Gasteiger partial charge >= 0.3 is 23.9 Å². The maximum Gasteiger partial charge on any atom is 0.359 e. The Labute approximate surface area is 162 Å². The van der Waals surface area contributed by atoms with Gasteiger partial charge in [0.1, 0.15) is 0 Å². The molecule has 0 saturated carbocycles. The summed E-state index contributed by atoms with van der Waals surface area (Å²) in [4.78, 5) is 48.1. The minimum Gasteiger partial charge on any atom is -0.480 e. The Morgan fingerprint density at radius 1 is 0.679 bits per heavy atom. The first-order valence-electron chi connectivity index (χ1n) is 8.99. The van der Waals surface area contributed by atoms with Crippen LogP contribution in [0.4, 0.5) is 0 Å². The fourth-order valence-corrected chi connectivity index (χ4v) is 3.29. The molecule has 0 radical (unpaired) electrons. The van der Waals surface area contributed by atoms with Crippen LogP contribution in [-0.4, -0.2) is 137 Å². The number of carboxylic acids is 4. The van der Waals surface area contributed by atoms with Gasteiger partial charge in [-0.2, -0.15) is 0 Å². The predicted molar refractivity (Wildman–Crippen MR) is 96.0 cm³/mol. The number of rotatable bonds is 8. The molecule has 0 spiro atoms. The number of hydrogen-bond donors (Lipinski definition) is 5. The van der Waals surface area contributed by atoms with Crippen LogP contribution in [0.3, 0.4) is 0 Å². The number of nitrogens with zero attached hydrogens (tertiary/aromatic N) is 3. The van der Waals surface area contributed by atoms with Gasteiger partial charge in [0.2, 0.25) is 0 Å². The highest BCUT2D eigenvalue weighted by Gasteiger charge is 2.34. The molecule has 1 heterocycles. The molecule has 0 bridgehead atoms. The van der Waals surface area contributed by atoms with Crippen molar-refractivity contribution in [3.63, 3.8) is 0 Å². The van der Waals surface area contributed by atoms with Crippen LogP contribution in [0.25, 0.3) is 0 Å². The highest BCUT2D eigenvalue weighted by atomic mass is 16.4. The Morgan fingerprint density at radius 3 is 1.64 bits per heavy atom. The molecule has 0 aliphatic carbocycles. The van der Waals surface area contributed by atoms with Crippen molar-refractivity contribution < 1.29 is 44.1 Å². The van der Waals surface area contributed by atoms with Crippen molar-refractivity contribution in [1.29, 1.82) is 0 Å². The second-order valence-corrected chi connectivity index (χ2v) is 6.98. The number of nitrogens with one attached hydrogen (secondary N) is 1. The standard InChI is InChI=1S/C16H28N4O8/c21-13(22)9-18-3-1-17-2-7-20(11-15(25)26,12-16(27)28)8-6-19(5-4-18)10-14(23)24/h17H,1-12H2,(H3-,21,22,23,24,25,26,27,28)/p+1. The quantitative estimate of drug-likeness (QED) is 0.267. The van der Waals surface area contributed by atoms with Gasteiger partial charge in [0, 0.05) is 39.3 Å². The van der Waals surface area contributed by atoms with Gasteiger partial charge in [-0.3, -0.25) is 19.4 Å². The zero-order valence-corrected chi connectivity index (χ0v) is 15.7. The molecular weight excluding hydrogens is 376 g/mol. The lowest BCUT2D eigenvalue weighted by molar-refractivity contribution is -0.913. The Kier molecular flexibility index (Phi) is 9.79. The Morgan fingerprint density at radius 2 is 1.18 bits per heavy atom. The zero-order chi connectivity index (χ0) is 21.2. The molecule has 5 N–H and O–H groups in total. The molecule has 0 aromatic heterocycles. The molecule has 28 heavy (non-hydrogen) atoms. The molecule has 0 aromatic rings. The van der Waals surface area contributed by atoms with Crippen molar-refractivity contribution in [2.45, 2.75) is 0 Å². The van der Waals surface area contributed by atoms with Gasteiger partial charge in [-0.1, -0.05) is 0 Å². The lowest BCUT2D eigenvalue weighted by atomic mass is 10.2. The van der Waals surface area contributed by atoms with Crippen molar-refractivity contribution >= 4 is 23.9 Å². The van der Waals surface area contributed by atoms with Gasteiger partial charge in [-0.15, -0.1) is 0 Å². The first-order chi connectivity index (χ1) is 13.1. The summed E-state index contributed by atoms with van der Waals surface area (Å²) in [5.74, 6) is -4.28. The average molecular weight is 405 g/mol. The second kappa shape index (κ2) is 11.5. The number of carboxylic acid groups (broad SMARTS) is 4. The zero-order valence-electron chi connectivity index (χ0n) is 15.7. The number of quaternary nitrogens is 1. The fourth-order valence-electron chi connectivity index (χ4n) is 3.29. The van der Waals surface area contributed by atoms with Crippen molar-refractivity contribution in [2.75, 3.05) is 78.5 Å². The summed E-state index contributed by atoms with van der Waals surface area (Å²) in [5, 5.41) is 39.8. The van der Waals surface area contributed by atoms with E-state index in [0.717, 1.165) is 0 Å². The van der Waals surface area contributed by atoms with Gasteiger partial charge in [0.15, 0.2) is 13.1 Å². The van der Waals surface area contributed by atoms with Gasteiger partial charge in [-0.25, -0.2) is 9.59 Å². The molecule has 1 rings (SSSR count). The van der Waals surface area contributed by atoms with E-state index in [9.17, 15) is 29.4 Å². The molecule has 160 valence electrons. The summed E-state index contributed by atoms with van der Waals surface area (Å²) in [5.41, 5.74) is 0. The van der Waals surface area contributed by atoms with Gasteiger partial charge in [0.25, 0.3) is 0 Å². The SMILES string of the molecule is O=C(O)CN1CCNCC[N+](CC(=O)O)(CC(=O)O)CCN(CC(=O)O)CC1. The van der Waals surface area contributed by atoms with E-state index in [2.05, 4.69) is 5.32 Å². The fraction of sp³-hybridized carbons (Fsp3) is 0.750. The Balaban J connectivity index is 2.98. The highest BCUT2D eigenvalue weighted by molar-refractivity contribution is 5.71. The van der Waals surface area contributed by atoms with E-state index < -0.39 is 23.9 Å². The number of aliphatic carboxylic acids is 4. The maximum atomic E-state index is 11.3. The van der Waals surface area contributed by atoms with Gasteiger partial charge in [0.05, 0.1) is 26.2 Å². The van der Waals surface area contributed by atoms with Crippen LogP contribution in [0.5, 0.6) is 0 Å². The van der Waals surface area contributed by atoms with Crippen LogP contribution in [0.2, 0.25) is 0 Å². The highest BCUT2D eigenvalue weighted by Crippen LogP contribution is 2.09. The summed E-state index contributed by atoms with van der Waals surface area (Å²) < 4.78 is -0.202. The number of carbonyl (C=O) groups is 4. The molecule has 12 nitrogen and oxygen atoms in total. The van der Waals surface area contributed by atoms with E-state index in [1.807, 2.05) is 0 Å². The Hall–Kier alpha value is -2.28. The van der Waals surface area contributed by atoms with Gasteiger partial charge in [-0.05, 0) is 0 Å². The first kappa shape index (κ1) is 23.8. The molecule has 1 fully saturated rings. The molecule has 1 aliphatic rings. The number of hydrogen-bond acceptors (Lipinski definition) is 7. The van der Waals surface area contributed by atoms with E-state index >= 15 is 0 Å². The van der Waals surface area contributed by atoms with Crippen LogP contribution in [-0.2, 0) is 19.2 Å². The lowest BCUT2D eigenvalue weighted by Gasteiger charge is -2.38. The van der Waals surface area contributed by atoms with Crippen molar-refractivity contribution in [3.8, 4) is 0 Å². The molecule has 12 heteroatoms. The van der Waals surface area contributed by atoms with E-state index in [1.54, 1.807) is 9.80 Å². The molecule has 1 saturated heterocycles. The molecular formula is C16H29N4O8+. The van der Waals surface area contributed by atoms with Gasteiger partial charge < -0.3 is 30.2 Å². The first-order valence-corrected chi connectivity index (χ1v) is 8.99. The molecule has 0 unspecified atom stereocenters. The normalized spacial score (nSPS) is 19.9. The minimum atomic E-state index is -1.12. The van der Waals surface area contributed by atoms with Crippen LogP contribution in [0.15, 0.2) is 0 Å². The predicted octanol–water partition coefficient (Wildman–Crippen LogP) is -2.65. The molecule has 1 aliphatic heterocycles. The third-order valence-corrected chi connectivity index (χ3v) is 4.65. The van der Waals surface area contributed by atoms with Crippen molar-refractivity contribution in [3.05, 3.63) is 0 Å². The maximum absolute atomic E-state index is 11.3. The molecule has 0 amide bonds. The monoisotopic (exact) mass is 405 g/mol. The summed E-state index contributed by atoms with van der Waals surface area (Å²) in [6.07, 6.45) is 0. The Bertz CT molecular complexity index is 555. The second-order valence-electron chi connectivity index (χ2n) is 6.98. The van der Waals surface area contributed by atoms with Crippen LogP contribution >= 0.6 is 0 Å². The smallest absolute Gasteiger partial charge is 0.359 e. The lowest BCUT2D eigenvalue weighted by Crippen LogP contribution is -2.60. The average Bonchev–Trinajstić information content (AvgIpc) is 2.53. The van der Waals surface area contributed by atoms with Crippen LogP contribution in [0.1, 0.15) is 0 Å². The van der Waals surface area contributed by atoms with Crippen molar-refractivity contribution in [1.82, 2.24) is 15.1 Å². The van der Waals surface area contributed by atoms with E-state index in [0.29, 0.717) is 26.2 Å². The molecule has 0 atom stereocenters. The summed E-state index contributed by atoms with van der Waals surface area (Å²) in [6.45, 7) is 1.23. The third-order valence-electron chi connectivity index (χ3n) is 4.65. The van der Waals surface area contributed by atoms with Crippen LogP contribution < -0.4 is 5.32 Å². The largest absolute Gasteiger partial charge is 0.480 e. The van der Waals surface area contributed by atoms with E-state index in [1.165, 1.54) is 0 Å². The summed E-state index contributed by atoms with van der Waals surface area (Å²) in [7, 11) is 0. The minimum absolute atomic E-state index is 0.159. The van der Waals surface area contributed by atoms with Crippen molar-refractivity contribution in [2.24, 2.45) is 0 Å². The summed E-state index contributed by atoms with van der Waals surface area (Å²) >= 11 is 0. The molecule has 0 aromatic carbocycles. The van der Waals surface area contributed by atoms with Crippen LogP contribution in [0, 0.1) is 0 Å². The third kappa shape index (κ3) is 9.60. The van der Waals surface area contributed by atoms with E-state index in [4.69, 9.17) is 10.2 Å².